The van der Waals surface area contributed by atoms with Crippen LogP contribution in [0.2, 0.25) is 0 Å². The van der Waals surface area contributed by atoms with E-state index in [0.717, 1.165) is 28.9 Å². The summed E-state index contributed by atoms with van der Waals surface area (Å²) in [4.78, 5) is 33.9. The van der Waals surface area contributed by atoms with E-state index < -0.39 is 0 Å². The van der Waals surface area contributed by atoms with Crippen LogP contribution in [0.1, 0.15) is 34.5 Å². The normalized spacial score (nSPS) is 14.5. The molecule has 31 heavy (non-hydrogen) atoms. The number of methoxy groups -OCH3 is 1. The van der Waals surface area contributed by atoms with E-state index in [1.54, 1.807) is 13.3 Å². The molecular weight excluding hydrogens is 392 g/mol. The van der Waals surface area contributed by atoms with Crippen LogP contribution < -0.4 is 4.74 Å². The number of hydrogen-bond acceptors (Lipinski definition) is 4. The number of aromatic nitrogens is 2. The number of hydrogen-bond donors (Lipinski definition) is 0. The van der Waals surface area contributed by atoms with Crippen molar-refractivity contribution in [3.63, 3.8) is 0 Å². The van der Waals surface area contributed by atoms with Gasteiger partial charge in [0.2, 0.25) is 5.91 Å². The summed E-state index contributed by atoms with van der Waals surface area (Å²) in [5, 5.41) is 0. The van der Waals surface area contributed by atoms with E-state index in [4.69, 9.17) is 4.74 Å². The lowest BCUT2D eigenvalue weighted by molar-refractivity contribution is -0.131. The van der Waals surface area contributed by atoms with Crippen LogP contribution >= 0.6 is 0 Å². The van der Waals surface area contributed by atoms with Crippen LogP contribution in [-0.2, 0) is 11.2 Å². The molecule has 0 spiro atoms. The van der Waals surface area contributed by atoms with Crippen molar-refractivity contribution in [3.05, 3.63) is 65.6 Å². The number of imidazole rings is 1. The molecule has 3 aromatic rings. The number of carbonyl (C=O) groups excluding carboxylic acids is 2. The summed E-state index contributed by atoms with van der Waals surface area (Å²) >= 11 is 0. The van der Waals surface area contributed by atoms with E-state index in [9.17, 15) is 9.59 Å². The molecule has 0 aliphatic carbocycles. The number of benzene rings is 1. The SMILES string of the molecule is COc1ccc(CCC(=O)N2CCCN(C(=O)c3cn4ccc(C)cc4n3)CC2)cc1. The molecule has 0 saturated carbocycles. The van der Waals surface area contributed by atoms with E-state index in [1.165, 1.54) is 0 Å². The maximum atomic E-state index is 13.0. The zero-order chi connectivity index (χ0) is 21.8. The molecule has 1 saturated heterocycles. The highest BCUT2D eigenvalue weighted by Gasteiger charge is 2.24. The Bertz CT molecular complexity index is 1070. The molecule has 0 unspecified atom stereocenters. The minimum atomic E-state index is -0.0751. The van der Waals surface area contributed by atoms with Gasteiger partial charge in [-0.05, 0) is 55.2 Å². The third kappa shape index (κ3) is 4.87. The number of carbonyl (C=O) groups is 2. The zero-order valence-electron chi connectivity index (χ0n) is 18.1. The molecule has 3 heterocycles. The molecule has 1 aliphatic heterocycles. The van der Waals surface area contributed by atoms with Gasteiger partial charge in [0, 0.05) is 45.0 Å². The Hall–Kier alpha value is -3.35. The summed E-state index contributed by atoms with van der Waals surface area (Å²) in [6.07, 6.45) is 5.63. The lowest BCUT2D eigenvalue weighted by Crippen LogP contribution is -2.37. The van der Waals surface area contributed by atoms with Gasteiger partial charge in [-0.2, -0.15) is 0 Å². The van der Waals surface area contributed by atoms with Crippen LogP contribution in [0, 0.1) is 6.92 Å². The van der Waals surface area contributed by atoms with Crippen molar-refractivity contribution < 1.29 is 14.3 Å². The Balaban J connectivity index is 1.33. The minimum absolute atomic E-state index is 0.0751. The molecule has 162 valence electrons. The Kier molecular flexibility index (Phi) is 6.21. The van der Waals surface area contributed by atoms with Crippen molar-refractivity contribution in [1.82, 2.24) is 19.2 Å². The van der Waals surface area contributed by atoms with Crippen molar-refractivity contribution >= 4 is 17.5 Å². The minimum Gasteiger partial charge on any atom is -0.497 e. The first-order chi connectivity index (χ1) is 15.0. The molecule has 0 bridgehead atoms. The zero-order valence-corrected chi connectivity index (χ0v) is 18.1. The summed E-state index contributed by atoms with van der Waals surface area (Å²) in [5.74, 6) is 0.871. The van der Waals surface area contributed by atoms with Crippen LogP contribution in [0.5, 0.6) is 5.75 Å². The fraction of sp³-hybridized carbons (Fsp3) is 0.375. The van der Waals surface area contributed by atoms with Gasteiger partial charge in [0.15, 0.2) is 0 Å². The van der Waals surface area contributed by atoms with Gasteiger partial charge in [0.05, 0.1) is 7.11 Å². The van der Waals surface area contributed by atoms with Gasteiger partial charge in [0.25, 0.3) is 5.91 Å². The fourth-order valence-corrected chi connectivity index (χ4v) is 3.92. The van der Waals surface area contributed by atoms with Crippen molar-refractivity contribution in [2.24, 2.45) is 0 Å². The topological polar surface area (TPSA) is 67.2 Å². The monoisotopic (exact) mass is 420 g/mol. The first kappa shape index (κ1) is 20.9. The predicted molar refractivity (Wildman–Crippen MR) is 118 cm³/mol. The largest absolute Gasteiger partial charge is 0.497 e. The average molecular weight is 421 g/mol. The molecule has 0 N–H and O–H groups in total. The van der Waals surface area contributed by atoms with Gasteiger partial charge < -0.3 is 18.9 Å². The Morgan fingerprint density at radius 3 is 2.55 bits per heavy atom. The van der Waals surface area contributed by atoms with Gasteiger partial charge in [-0.15, -0.1) is 0 Å². The van der Waals surface area contributed by atoms with E-state index in [2.05, 4.69) is 4.98 Å². The van der Waals surface area contributed by atoms with Gasteiger partial charge >= 0.3 is 0 Å². The van der Waals surface area contributed by atoms with Crippen LogP contribution in [0.25, 0.3) is 5.65 Å². The van der Waals surface area contributed by atoms with Gasteiger partial charge in [-0.25, -0.2) is 4.98 Å². The van der Waals surface area contributed by atoms with E-state index in [1.807, 2.05) is 63.7 Å². The standard InChI is InChI=1S/C24H28N4O3/c1-18-10-13-28-17-21(25-22(28)16-18)24(30)27-12-3-11-26(14-15-27)23(29)9-6-19-4-7-20(31-2)8-5-19/h4-5,7-8,10,13,16-17H,3,6,9,11-12,14-15H2,1-2H3. The Morgan fingerprint density at radius 2 is 1.77 bits per heavy atom. The third-order valence-electron chi connectivity index (χ3n) is 5.76. The van der Waals surface area contributed by atoms with Crippen molar-refractivity contribution in [1.29, 1.82) is 0 Å². The number of nitrogens with zero attached hydrogens (tertiary/aromatic N) is 4. The highest BCUT2D eigenvalue weighted by molar-refractivity contribution is 5.93. The fourth-order valence-electron chi connectivity index (χ4n) is 3.92. The second-order valence-electron chi connectivity index (χ2n) is 7.97. The molecule has 1 aliphatic rings. The first-order valence-corrected chi connectivity index (χ1v) is 10.7. The van der Waals surface area contributed by atoms with E-state index in [0.29, 0.717) is 44.7 Å². The number of rotatable bonds is 5. The maximum absolute atomic E-state index is 13.0. The lowest BCUT2D eigenvalue weighted by atomic mass is 10.1. The second-order valence-corrected chi connectivity index (χ2v) is 7.97. The highest BCUT2D eigenvalue weighted by atomic mass is 16.5. The van der Waals surface area contributed by atoms with Gasteiger partial charge in [-0.3, -0.25) is 9.59 Å². The highest BCUT2D eigenvalue weighted by Crippen LogP contribution is 2.15. The number of fused-ring (bicyclic) bond motifs is 1. The van der Waals surface area contributed by atoms with Gasteiger partial charge in [0.1, 0.15) is 17.1 Å². The summed E-state index contributed by atoms with van der Waals surface area (Å²) < 4.78 is 7.04. The van der Waals surface area contributed by atoms with E-state index >= 15 is 0 Å². The molecule has 2 aromatic heterocycles. The second kappa shape index (κ2) is 9.20. The Labute approximate surface area is 182 Å². The lowest BCUT2D eigenvalue weighted by Gasteiger charge is -2.21. The number of aryl methyl sites for hydroxylation is 2. The number of amides is 2. The summed E-state index contributed by atoms with van der Waals surface area (Å²) in [6, 6.07) is 11.8. The molecular formula is C24H28N4O3. The van der Waals surface area contributed by atoms with Crippen molar-refractivity contribution in [3.8, 4) is 5.75 Å². The molecule has 1 fully saturated rings. The molecule has 2 amide bonds. The maximum Gasteiger partial charge on any atom is 0.274 e. The van der Waals surface area contributed by atoms with Crippen LogP contribution in [0.15, 0.2) is 48.8 Å². The summed E-state index contributed by atoms with van der Waals surface area (Å²) in [6.45, 7) is 4.40. The van der Waals surface area contributed by atoms with Crippen molar-refractivity contribution in [2.75, 3.05) is 33.3 Å². The third-order valence-corrected chi connectivity index (χ3v) is 5.76. The molecule has 0 atom stereocenters. The molecule has 1 aromatic carbocycles. The van der Waals surface area contributed by atoms with Crippen LogP contribution in [-0.4, -0.2) is 64.3 Å². The molecule has 7 heteroatoms. The predicted octanol–water partition coefficient (Wildman–Crippen LogP) is 2.96. The first-order valence-electron chi connectivity index (χ1n) is 10.7. The molecule has 4 rings (SSSR count). The number of pyridine rings is 1. The van der Waals surface area contributed by atoms with Crippen LogP contribution in [0.4, 0.5) is 0 Å². The molecule has 0 radical (unpaired) electrons. The van der Waals surface area contributed by atoms with Gasteiger partial charge in [-0.1, -0.05) is 12.1 Å². The summed E-state index contributed by atoms with van der Waals surface area (Å²) in [5.41, 5.74) is 3.44. The molecule has 7 nitrogen and oxygen atoms in total. The van der Waals surface area contributed by atoms with Crippen molar-refractivity contribution in [2.45, 2.75) is 26.2 Å². The average Bonchev–Trinajstić information content (AvgIpc) is 3.04. The van der Waals surface area contributed by atoms with E-state index in [-0.39, 0.29) is 11.8 Å². The summed E-state index contributed by atoms with van der Waals surface area (Å²) in [7, 11) is 1.64. The van der Waals surface area contributed by atoms with Crippen LogP contribution in [0.3, 0.4) is 0 Å². The quantitative estimate of drug-likeness (QED) is 0.637. The number of ether oxygens (including phenoxy) is 1. The smallest absolute Gasteiger partial charge is 0.274 e. The Morgan fingerprint density at radius 1 is 1.03 bits per heavy atom.